The normalized spacial score (nSPS) is 18.9. The first-order chi connectivity index (χ1) is 15.7. The third kappa shape index (κ3) is 5.45. The van der Waals surface area contributed by atoms with Crippen molar-refractivity contribution >= 4 is 11.9 Å². The summed E-state index contributed by atoms with van der Waals surface area (Å²) in [4.78, 5) is 23.7. The van der Waals surface area contributed by atoms with Crippen LogP contribution in [0.4, 0.5) is 0 Å². The number of piperidine rings is 1. The molecule has 2 N–H and O–H groups in total. The first-order valence-corrected chi connectivity index (χ1v) is 11.4. The van der Waals surface area contributed by atoms with Gasteiger partial charge in [0.25, 0.3) is 5.91 Å². The largest absolute Gasteiger partial charge is 0.377 e. The van der Waals surface area contributed by atoms with Gasteiger partial charge in [-0.15, -0.1) is 0 Å². The predicted molar refractivity (Wildman–Crippen MR) is 122 cm³/mol. The number of aromatic nitrogens is 3. The SMILES string of the molecule is CN=C(NCc1cccc(C(=O)N2CCCCC2)c1)NC1CCc2nc(COC)nn2C1. The van der Waals surface area contributed by atoms with Crippen LogP contribution >= 0.6 is 0 Å². The van der Waals surface area contributed by atoms with Crippen molar-refractivity contribution in [2.75, 3.05) is 27.2 Å². The number of nitrogens with zero attached hydrogens (tertiary/aromatic N) is 5. The molecule has 0 aliphatic carbocycles. The Bertz CT molecular complexity index is 950. The highest BCUT2D eigenvalue weighted by Gasteiger charge is 2.22. The number of guanidine groups is 1. The summed E-state index contributed by atoms with van der Waals surface area (Å²) in [5, 5.41) is 11.4. The van der Waals surface area contributed by atoms with Crippen molar-refractivity contribution in [3.63, 3.8) is 0 Å². The molecule has 9 heteroatoms. The smallest absolute Gasteiger partial charge is 0.253 e. The van der Waals surface area contributed by atoms with Crippen LogP contribution in [0.1, 0.15) is 53.3 Å². The number of fused-ring (bicyclic) bond motifs is 1. The molecule has 1 unspecified atom stereocenters. The van der Waals surface area contributed by atoms with Gasteiger partial charge in [0.15, 0.2) is 11.8 Å². The second-order valence-corrected chi connectivity index (χ2v) is 8.42. The number of rotatable bonds is 6. The number of amides is 1. The van der Waals surface area contributed by atoms with Crippen LogP contribution in [0.5, 0.6) is 0 Å². The van der Waals surface area contributed by atoms with Crippen LogP contribution in [0.3, 0.4) is 0 Å². The minimum Gasteiger partial charge on any atom is -0.377 e. The predicted octanol–water partition coefficient (Wildman–Crippen LogP) is 1.73. The fourth-order valence-corrected chi connectivity index (χ4v) is 4.34. The summed E-state index contributed by atoms with van der Waals surface area (Å²) in [6, 6.07) is 8.10. The number of nitrogens with one attached hydrogen (secondary N) is 2. The van der Waals surface area contributed by atoms with E-state index in [1.54, 1.807) is 14.2 Å². The Labute approximate surface area is 189 Å². The minimum atomic E-state index is 0.132. The quantitative estimate of drug-likeness (QED) is 0.526. The summed E-state index contributed by atoms with van der Waals surface area (Å²) in [7, 11) is 3.42. The average molecular weight is 440 g/mol. The molecule has 1 atom stereocenters. The third-order valence-corrected chi connectivity index (χ3v) is 6.02. The van der Waals surface area contributed by atoms with Gasteiger partial charge in [0.2, 0.25) is 0 Å². The van der Waals surface area contributed by atoms with Gasteiger partial charge in [-0.2, -0.15) is 5.10 Å². The van der Waals surface area contributed by atoms with E-state index in [2.05, 4.69) is 25.7 Å². The number of carbonyl (C=O) groups is 1. The van der Waals surface area contributed by atoms with Gasteiger partial charge in [0.1, 0.15) is 12.4 Å². The number of hydrogen-bond acceptors (Lipinski definition) is 5. The number of benzene rings is 1. The molecule has 32 heavy (non-hydrogen) atoms. The number of methoxy groups -OCH3 is 1. The Balaban J connectivity index is 1.31. The average Bonchev–Trinajstić information content (AvgIpc) is 3.24. The summed E-state index contributed by atoms with van der Waals surface area (Å²) in [5.41, 5.74) is 1.81. The second kappa shape index (κ2) is 10.6. The van der Waals surface area contributed by atoms with Crippen LogP contribution in [0.2, 0.25) is 0 Å². The van der Waals surface area contributed by atoms with Gasteiger partial charge in [-0.05, 0) is 43.4 Å². The molecule has 0 saturated carbocycles. The van der Waals surface area contributed by atoms with Crippen molar-refractivity contribution in [3.05, 3.63) is 47.0 Å². The molecule has 1 aromatic heterocycles. The lowest BCUT2D eigenvalue weighted by atomic mass is 10.1. The maximum atomic E-state index is 12.8. The number of likely N-dealkylation sites (tertiary alicyclic amines) is 1. The Morgan fingerprint density at radius 1 is 1.28 bits per heavy atom. The number of hydrogen-bond donors (Lipinski definition) is 2. The van der Waals surface area contributed by atoms with Gasteiger partial charge in [0, 0.05) is 51.8 Å². The molecule has 0 bridgehead atoms. The monoisotopic (exact) mass is 439 g/mol. The van der Waals surface area contributed by atoms with Crippen LogP contribution in [0.15, 0.2) is 29.3 Å². The lowest BCUT2D eigenvalue weighted by Crippen LogP contribution is -2.46. The van der Waals surface area contributed by atoms with Gasteiger partial charge in [-0.3, -0.25) is 9.79 Å². The highest BCUT2D eigenvalue weighted by Crippen LogP contribution is 2.15. The van der Waals surface area contributed by atoms with E-state index in [0.29, 0.717) is 13.2 Å². The van der Waals surface area contributed by atoms with Crippen LogP contribution in [0.25, 0.3) is 0 Å². The second-order valence-electron chi connectivity index (χ2n) is 8.42. The lowest BCUT2D eigenvalue weighted by Gasteiger charge is -2.27. The third-order valence-electron chi connectivity index (χ3n) is 6.02. The van der Waals surface area contributed by atoms with E-state index in [1.807, 2.05) is 33.8 Å². The topological polar surface area (TPSA) is 96.7 Å². The van der Waals surface area contributed by atoms with Crippen LogP contribution < -0.4 is 10.6 Å². The Hall–Kier alpha value is -2.94. The molecule has 1 saturated heterocycles. The molecular weight excluding hydrogens is 406 g/mol. The molecule has 2 aliphatic rings. The van der Waals surface area contributed by atoms with Crippen LogP contribution in [-0.4, -0.2) is 64.8 Å². The van der Waals surface area contributed by atoms with Crippen LogP contribution in [0, 0.1) is 0 Å². The molecule has 172 valence electrons. The van der Waals surface area contributed by atoms with Gasteiger partial charge in [-0.1, -0.05) is 12.1 Å². The number of aryl methyl sites for hydroxylation is 1. The van der Waals surface area contributed by atoms with Crippen molar-refractivity contribution in [2.24, 2.45) is 4.99 Å². The molecule has 2 aromatic rings. The first-order valence-electron chi connectivity index (χ1n) is 11.4. The summed E-state index contributed by atoms with van der Waals surface area (Å²) in [5.74, 6) is 2.61. The van der Waals surface area contributed by atoms with Crippen LogP contribution in [-0.2, 0) is 30.9 Å². The molecule has 0 spiro atoms. The molecule has 1 fully saturated rings. The first kappa shape index (κ1) is 22.3. The van der Waals surface area contributed by atoms with E-state index in [9.17, 15) is 4.79 Å². The van der Waals surface area contributed by atoms with Crippen molar-refractivity contribution < 1.29 is 9.53 Å². The molecule has 1 aromatic carbocycles. The highest BCUT2D eigenvalue weighted by molar-refractivity contribution is 5.94. The summed E-state index contributed by atoms with van der Waals surface area (Å²) < 4.78 is 7.10. The Morgan fingerprint density at radius 3 is 2.91 bits per heavy atom. The molecule has 1 amide bonds. The van der Waals surface area contributed by atoms with Gasteiger partial charge >= 0.3 is 0 Å². The Morgan fingerprint density at radius 2 is 2.12 bits per heavy atom. The van der Waals surface area contributed by atoms with E-state index in [0.717, 1.165) is 74.1 Å². The van der Waals surface area contributed by atoms with Crippen molar-refractivity contribution in [1.82, 2.24) is 30.3 Å². The standard InChI is InChI=1S/C23H33N7O2/c1-24-23(26-19-9-10-21-27-20(16-32-2)28-30(21)15-19)25-14-17-7-6-8-18(13-17)22(31)29-11-4-3-5-12-29/h6-8,13,19H,3-5,9-12,14-16H2,1-2H3,(H2,24,25,26). The van der Waals surface area contributed by atoms with Crippen molar-refractivity contribution in [1.29, 1.82) is 0 Å². The minimum absolute atomic E-state index is 0.132. The zero-order valence-corrected chi connectivity index (χ0v) is 19.0. The molecule has 9 nitrogen and oxygen atoms in total. The maximum absolute atomic E-state index is 12.8. The number of carbonyl (C=O) groups excluding carboxylic acids is 1. The fraction of sp³-hybridized carbons (Fsp3) is 0.565. The molecule has 2 aliphatic heterocycles. The van der Waals surface area contributed by atoms with E-state index in [-0.39, 0.29) is 11.9 Å². The summed E-state index contributed by atoms with van der Waals surface area (Å²) in [6.45, 7) is 3.49. The molecule has 3 heterocycles. The van der Waals surface area contributed by atoms with Crippen molar-refractivity contribution in [2.45, 2.75) is 57.8 Å². The zero-order chi connectivity index (χ0) is 22.3. The number of ether oxygens (including phenoxy) is 1. The Kier molecular flexibility index (Phi) is 7.36. The summed E-state index contributed by atoms with van der Waals surface area (Å²) in [6.07, 6.45) is 5.24. The molecule has 4 rings (SSSR count). The van der Waals surface area contributed by atoms with Gasteiger partial charge in [-0.25, -0.2) is 9.67 Å². The van der Waals surface area contributed by atoms with E-state index in [1.165, 1.54) is 6.42 Å². The van der Waals surface area contributed by atoms with Gasteiger partial charge < -0.3 is 20.3 Å². The lowest BCUT2D eigenvalue weighted by molar-refractivity contribution is 0.0724. The zero-order valence-electron chi connectivity index (χ0n) is 19.0. The van der Waals surface area contributed by atoms with Crippen molar-refractivity contribution in [3.8, 4) is 0 Å². The molecular formula is C23H33N7O2. The molecule has 0 radical (unpaired) electrons. The van der Waals surface area contributed by atoms with Gasteiger partial charge in [0.05, 0.1) is 6.54 Å². The summed E-state index contributed by atoms with van der Waals surface area (Å²) >= 11 is 0. The highest BCUT2D eigenvalue weighted by atomic mass is 16.5. The fourth-order valence-electron chi connectivity index (χ4n) is 4.34. The maximum Gasteiger partial charge on any atom is 0.253 e. The van der Waals surface area contributed by atoms with E-state index >= 15 is 0 Å². The van der Waals surface area contributed by atoms with E-state index in [4.69, 9.17) is 4.74 Å². The number of aliphatic imine (C=N–C) groups is 1. The van der Waals surface area contributed by atoms with E-state index < -0.39 is 0 Å².